The van der Waals surface area contributed by atoms with E-state index in [0.29, 0.717) is 10.6 Å². The highest BCUT2D eigenvalue weighted by molar-refractivity contribution is 7.12. The van der Waals surface area contributed by atoms with Crippen LogP contribution < -0.4 is 0 Å². The zero-order valence-corrected chi connectivity index (χ0v) is 9.88. The molecule has 0 aliphatic heterocycles. The molecule has 0 atom stereocenters. The summed E-state index contributed by atoms with van der Waals surface area (Å²) in [4.78, 5) is 16.2. The molecule has 0 fully saturated rings. The van der Waals surface area contributed by atoms with Crippen molar-refractivity contribution in [1.29, 1.82) is 0 Å². The van der Waals surface area contributed by atoms with E-state index in [-0.39, 0.29) is 5.97 Å². The fourth-order valence-corrected chi connectivity index (χ4v) is 2.13. The fourth-order valence-electron chi connectivity index (χ4n) is 1.40. The van der Waals surface area contributed by atoms with Gasteiger partial charge in [-0.3, -0.25) is 0 Å². The van der Waals surface area contributed by atoms with E-state index in [1.807, 2.05) is 31.2 Å². The minimum Gasteiger partial charge on any atom is -0.465 e. The van der Waals surface area contributed by atoms with E-state index >= 15 is 0 Å². The molecule has 2 aromatic rings. The van der Waals surface area contributed by atoms with Gasteiger partial charge in [0, 0.05) is 5.56 Å². The smallest absolute Gasteiger partial charge is 0.350 e. The van der Waals surface area contributed by atoms with Crippen molar-refractivity contribution in [3.05, 3.63) is 40.2 Å². The van der Waals surface area contributed by atoms with Crippen LogP contribution in [0.5, 0.6) is 0 Å². The molecule has 0 N–H and O–H groups in total. The normalized spacial score (nSPS) is 10.1. The maximum Gasteiger partial charge on any atom is 0.350 e. The van der Waals surface area contributed by atoms with Crippen LogP contribution in [0.3, 0.4) is 0 Å². The quantitative estimate of drug-likeness (QED) is 0.749. The molecule has 1 heterocycles. The summed E-state index contributed by atoms with van der Waals surface area (Å²) in [6, 6.07) is 7.90. The van der Waals surface area contributed by atoms with Gasteiger partial charge in [0.1, 0.15) is 4.88 Å². The monoisotopic (exact) mass is 233 g/mol. The molecule has 1 aromatic carbocycles. The molecular weight excluding hydrogens is 222 g/mol. The van der Waals surface area contributed by atoms with Gasteiger partial charge in [-0.2, -0.15) is 0 Å². The van der Waals surface area contributed by atoms with E-state index in [4.69, 9.17) is 4.74 Å². The summed E-state index contributed by atoms with van der Waals surface area (Å²) in [6.45, 7) is 2.02. The second kappa shape index (κ2) is 4.45. The van der Waals surface area contributed by atoms with Gasteiger partial charge in [0.15, 0.2) is 0 Å². The third-order valence-corrected chi connectivity index (χ3v) is 3.07. The van der Waals surface area contributed by atoms with E-state index in [0.717, 1.165) is 5.56 Å². The standard InChI is InChI=1S/C12H11NO2S/c1-8-3-5-9(6-4-8)10-11(12(14)15-2)16-7-13-10/h3-7H,1-2H3. The lowest BCUT2D eigenvalue weighted by molar-refractivity contribution is 0.0607. The van der Waals surface area contributed by atoms with Crippen molar-refractivity contribution in [3.63, 3.8) is 0 Å². The molecule has 0 aliphatic rings. The van der Waals surface area contributed by atoms with E-state index in [1.165, 1.54) is 24.0 Å². The number of methoxy groups -OCH3 is 1. The van der Waals surface area contributed by atoms with Crippen molar-refractivity contribution >= 4 is 17.3 Å². The SMILES string of the molecule is COC(=O)c1scnc1-c1ccc(C)cc1. The lowest BCUT2D eigenvalue weighted by atomic mass is 10.1. The lowest BCUT2D eigenvalue weighted by Crippen LogP contribution is -2.00. The van der Waals surface area contributed by atoms with Crippen LogP contribution in [-0.4, -0.2) is 18.1 Å². The molecule has 0 unspecified atom stereocenters. The number of thiazole rings is 1. The van der Waals surface area contributed by atoms with Gasteiger partial charge < -0.3 is 4.74 Å². The Kier molecular flexibility index (Phi) is 3.01. The number of carbonyl (C=O) groups is 1. The summed E-state index contributed by atoms with van der Waals surface area (Å²) in [5.41, 5.74) is 4.46. The number of esters is 1. The van der Waals surface area contributed by atoms with Crippen molar-refractivity contribution in [2.24, 2.45) is 0 Å². The van der Waals surface area contributed by atoms with Gasteiger partial charge in [0.2, 0.25) is 0 Å². The Morgan fingerprint density at radius 3 is 2.62 bits per heavy atom. The van der Waals surface area contributed by atoms with E-state index in [2.05, 4.69) is 4.98 Å². The highest BCUT2D eigenvalue weighted by atomic mass is 32.1. The summed E-state index contributed by atoms with van der Waals surface area (Å²) >= 11 is 1.30. The Morgan fingerprint density at radius 2 is 2.00 bits per heavy atom. The maximum absolute atomic E-state index is 11.5. The Labute approximate surface area is 97.7 Å². The molecule has 4 heteroatoms. The van der Waals surface area contributed by atoms with Crippen LogP contribution in [0.15, 0.2) is 29.8 Å². The number of benzene rings is 1. The Balaban J connectivity index is 2.44. The molecule has 0 bridgehead atoms. The van der Waals surface area contributed by atoms with Crippen LogP contribution in [-0.2, 0) is 4.74 Å². The molecule has 0 spiro atoms. The summed E-state index contributed by atoms with van der Waals surface area (Å²) in [6.07, 6.45) is 0. The third-order valence-electron chi connectivity index (χ3n) is 2.26. The predicted octanol–water partition coefficient (Wildman–Crippen LogP) is 2.91. The number of carbonyl (C=O) groups excluding carboxylic acids is 1. The number of nitrogens with zero attached hydrogens (tertiary/aromatic N) is 1. The largest absolute Gasteiger partial charge is 0.465 e. The van der Waals surface area contributed by atoms with Crippen LogP contribution in [0.2, 0.25) is 0 Å². The van der Waals surface area contributed by atoms with Gasteiger partial charge in [-0.25, -0.2) is 9.78 Å². The number of aryl methyl sites for hydroxylation is 1. The van der Waals surface area contributed by atoms with Crippen molar-refractivity contribution in [1.82, 2.24) is 4.98 Å². The lowest BCUT2D eigenvalue weighted by Gasteiger charge is -2.01. The van der Waals surface area contributed by atoms with Gasteiger partial charge in [-0.15, -0.1) is 11.3 Å². The van der Waals surface area contributed by atoms with Gasteiger partial charge in [0.25, 0.3) is 0 Å². The first kappa shape index (κ1) is 10.8. The zero-order valence-electron chi connectivity index (χ0n) is 9.06. The van der Waals surface area contributed by atoms with Crippen LogP contribution in [0, 0.1) is 6.92 Å². The highest BCUT2D eigenvalue weighted by Crippen LogP contribution is 2.26. The fraction of sp³-hybridized carbons (Fsp3) is 0.167. The van der Waals surface area contributed by atoms with Gasteiger partial charge in [-0.1, -0.05) is 29.8 Å². The first-order valence-electron chi connectivity index (χ1n) is 4.81. The zero-order chi connectivity index (χ0) is 11.5. The molecule has 0 saturated heterocycles. The minimum atomic E-state index is -0.335. The topological polar surface area (TPSA) is 39.2 Å². The van der Waals surface area contributed by atoms with Gasteiger partial charge in [-0.05, 0) is 6.92 Å². The molecule has 1 aromatic heterocycles. The number of aromatic nitrogens is 1. The number of ether oxygens (including phenoxy) is 1. The number of rotatable bonds is 2. The Morgan fingerprint density at radius 1 is 1.31 bits per heavy atom. The summed E-state index contributed by atoms with van der Waals surface area (Å²) in [5.74, 6) is -0.335. The first-order valence-corrected chi connectivity index (χ1v) is 5.69. The Hall–Kier alpha value is -1.68. The van der Waals surface area contributed by atoms with Crippen LogP contribution in [0.4, 0.5) is 0 Å². The third kappa shape index (κ3) is 1.97. The second-order valence-electron chi connectivity index (χ2n) is 3.39. The predicted molar refractivity (Wildman–Crippen MR) is 63.6 cm³/mol. The molecule has 0 saturated carbocycles. The van der Waals surface area contributed by atoms with Crippen molar-refractivity contribution in [3.8, 4) is 11.3 Å². The van der Waals surface area contributed by atoms with Crippen molar-refractivity contribution in [2.45, 2.75) is 6.92 Å². The average Bonchev–Trinajstić information content (AvgIpc) is 2.78. The molecule has 0 aliphatic carbocycles. The molecule has 0 radical (unpaired) electrons. The second-order valence-corrected chi connectivity index (χ2v) is 4.24. The number of hydrogen-bond acceptors (Lipinski definition) is 4. The molecule has 16 heavy (non-hydrogen) atoms. The van der Waals surface area contributed by atoms with Crippen molar-refractivity contribution < 1.29 is 9.53 Å². The molecule has 3 nitrogen and oxygen atoms in total. The summed E-state index contributed by atoms with van der Waals surface area (Å²) in [5, 5.41) is 0. The minimum absolute atomic E-state index is 0.335. The molecular formula is C12H11NO2S. The van der Waals surface area contributed by atoms with Crippen molar-refractivity contribution in [2.75, 3.05) is 7.11 Å². The van der Waals surface area contributed by atoms with Gasteiger partial charge in [0.05, 0.1) is 18.3 Å². The first-order chi connectivity index (χ1) is 7.72. The molecule has 2 rings (SSSR count). The van der Waals surface area contributed by atoms with E-state index in [1.54, 1.807) is 5.51 Å². The Bertz CT molecular complexity index is 502. The summed E-state index contributed by atoms with van der Waals surface area (Å²) < 4.78 is 4.71. The number of hydrogen-bond donors (Lipinski definition) is 0. The summed E-state index contributed by atoms with van der Waals surface area (Å²) in [7, 11) is 1.38. The van der Waals surface area contributed by atoms with E-state index < -0.39 is 0 Å². The van der Waals surface area contributed by atoms with Crippen LogP contribution in [0.1, 0.15) is 15.2 Å². The van der Waals surface area contributed by atoms with E-state index in [9.17, 15) is 4.79 Å². The molecule has 0 amide bonds. The maximum atomic E-state index is 11.5. The van der Waals surface area contributed by atoms with Gasteiger partial charge >= 0.3 is 5.97 Å². The van der Waals surface area contributed by atoms with Crippen LogP contribution in [0.25, 0.3) is 11.3 Å². The van der Waals surface area contributed by atoms with Crippen LogP contribution >= 0.6 is 11.3 Å². The molecule has 82 valence electrons. The highest BCUT2D eigenvalue weighted by Gasteiger charge is 2.16. The average molecular weight is 233 g/mol.